The number of aliphatic imine (C=N–C) groups is 1. The fraction of sp³-hybridized carbons (Fsp3) is 0.562. The SMILES string of the molecule is CCNC(=NCc1cccc(COC)c1)NCCCOC. The van der Waals surface area contributed by atoms with Crippen molar-refractivity contribution in [3.63, 3.8) is 0 Å². The highest BCUT2D eigenvalue weighted by molar-refractivity contribution is 5.79. The lowest BCUT2D eigenvalue weighted by molar-refractivity contribution is 0.185. The summed E-state index contributed by atoms with van der Waals surface area (Å²) in [7, 11) is 3.42. The third-order valence-corrected chi connectivity index (χ3v) is 2.88. The van der Waals surface area contributed by atoms with E-state index in [2.05, 4.69) is 40.7 Å². The molecule has 2 N–H and O–H groups in total. The van der Waals surface area contributed by atoms with Crippen molar-refractivity contribution < 1.29 is 9.47 Å². The summed E-state index contributed by atoms with van der Waals surface area (Å²) in [5, 5.41) is 6.54. The molecule has 0 fully saturated rings. The molecule has 0 radical (unpaired) electrons. The molecule has 0 heterocycles. The van der Waals surface area contributed by atoms with E-state index >= 15 is 0 Å². The maximum Gasteiger partial charge on any atom is 0.191 e. The standard InChI is InChI=1S/C16H27N3O2/c1-4-17-16(18-9-6-10-20-2)19-12-14-7-5-8-15(11-14)13-21-3/h5,7-8,11H,4,6,9-10,12-13H2,1-3H3,(H2,17,18,19). The molecule has 0 amide bonds. The van der Waals surface area contributed by atoms with Crippen LogP contribution in [0.3, 0.4) is 0 Å². The molecule has 21 heavy (non-hydrogen) atoms. The second kappa shape index (κ2) is 11.1. The van der Waals surface area contributed by atoms with Crippen LogP contribution in [0.25, 0.3) is 0 Å². The van der Waals surface area contributed by atoms with Crippen LogP contribution in [0.5, 0.6) is 0 Å². The van der Waals surface area contributed by atoms with Crippen LogP contribution < -0.4 is 10.6 Å². The van der Waals surface area contributed by atoms with Crippen LogP contribution in [0.1, 0.15) is 24.5 Å². The third-order valence-electron chi connectivity index (χ3n) is 2.88. The molecular weight excluding hydrogens is 266 g/mol. The van der Waals surface area contributed by atoms with Gasteiger partial charge in [-0.05, 0) is 24.5 Å². The summed E-state index contributed by atoms with van der Waals surface area (Å²) < 4.78 is 10.2. The molecule has 5 heteroatoms. The van der Waals surface area contributed by atoms with Crippen LogP contribution in [0.4, 0.5) is 0 Å². The number of hydrogen-bond acceptors (Lipinski definition) is 3. The maximum absolute atomic E-state index is 5.15. The Labute approximate surface area is 127 Å². The van der Waals surface area contributed by atoms with Gasteiger partial charge in [-0.3, -0.25) is 0 Å². The van der Waals surface area contributed by atoms with Crippen molar-refractivity contribution >= 4 is 5.96 Å². The molecule has 5 nitrogen and oxygen atoms in total. The molecule has 0 spiro atoms. The van der Waals surface area contributed by atoms with Gasteiger partial charge in [-0.2, -0.15) is 0 Å². The summed E-state index contributed by atoms with van der Waals surface area (Å²) in [6.07, 6.45) is 0.963. The highest BCUT2D eigenvalue weighted by atomic mass is 16.5. The molecule has 0 saturated carbocycles. The average molecular weight is 293 g/mol. The van der Waals surface area contributed by atoms with Crippen molar-refractivity contribution in [2.45, 2.75) is 26.5 Å². The van der Waals surface area contributed by atoms with Gasteiger partial charge in [-0.25, -0.2) is 4.99 Å². The molecule has 0 aliphatic carbocycles. The first-order valence-corrected chi connectivity index (χ1v) is 7.38. The monoisotopic (exact) mass is 293 g/mol. The first-order valence-electron chi connectivity index (χ1n) is 7.38. The van der Waals surface area contributed by atoms with E-state index in [9.17, 15) is 0 Å². The van der Waals surface area contributed by atoms with Gasteiger partial charge in [0.05, 0.1) is 13.2 Å². The predicted molar refractivity (Wildman–Crippen MR) is 86.5 cm³/mol. The van der Waals surface area contributed by atoms with Crippen LogP contribution in [-0.2, 0) is 22.6 Å². The van der Waals surface area contributed by atoms with Gasteiger partial charge in [0.1, 0.15) is 0 Å². The van der Waals surface area contributed by atoms with E-state index in [1.807, 2.05) is 6.07 Å². The fourth-order valence-electron chi connectivity index (χ4n) is 1.92. The van der Waals surface area contributed by atoms with Crippen LogP contribution in [0.15, 0.2) is 29.3 Å². The average Bonchev–Trinajstić information content (AvgIpc) is 2.50. The highest BCUT2D eigenvalue weighted by Crippen LogP contribution is 2.07. The molecule has 0 aliphatic heterocycles. The Balaban J connectivity index is 2.53. The molecular formula is C16H27N3O2. The number of rotatable bonds is 9. The van der Waals surface area contributed by atoms with Gasteiger partial charge in [0, 0.05) is 33.9 Å². The lowest BCUT2D eigenvalue weighted by Gasteiger charge is -2.11. The van der Waals surface area contributed by atoms with E-state index in [1.165, 1.54) is 11.1 Å². The minimum absolute atomic E-state index is 0.632. The minimum atomic E-state index is 0.632. The van der Waals surface area contributed by atoms with Crippen LogP contribution >= 0.6 is 0 Å². The Kier molecular flexibility index (Phi) is 9.24. The van der Waals surface area contributed by atoms with Crippen molar-refractivity contribution in [1.29, 1.82) is 0 Å². The normalized spacial score (nSPS) is 11.5. The van der Waals surface area contributed by atoms with Gasteiger partial charge >= 0.3 is 0 Å². The molecule has 118 valence electrons. The number of hydrogen-bond donors (Lipinski definition) is 2. The molecule has 0 aliphatic rings. The molecule has 0 saturated heterocycles. The summed E-state index contributed by atoms with van der Waals surface area (Å²) in [6.45, 7) is 5.80. The van der Waals surface area contributed by atoms with Gasteiger partial charge in [-0.15, -0.1) is 0 Å². The van der Waals surface area contributed by atoms with E-state index in [4.69, 9.17) is 9.47 Å². The van der Waals surface area contributed by atoms with Gasteiger partial charge in [0.25, 0.3) is 0 Å². The van der Waals surface area contributed by atoms with Crippen LogP contribution in [0.2, 0.25) is 0 Å². The van der Waals surface area contributed by atoms with Gasteiger partial charge in [0.15, 0.2) is 5.96 Å². The minimum Gasteiger partial charge on any atom is -0.385 e. The first-order chi connectivity index (χ1) is 10.3. The molecule has 0 bridgehead atoms. The summed E-state index contributed by atoms with van der Waals surface area (Å²) in [5.74, 6) is 0.839. The van der Waals surface area contributed by atoms with E-state index in [1.54, 1.807) is 14.2 Å². The zero-order chi connectivity index (χ0) is 15.3. The summed E-state index contributed by atoms with van der Waals surface area (Å²) in [4.78, 5) is 4.60. The second-order valence-corrected chi connectivity index (χ2v) is 4.72. The lowest BCUT2D eigenvalue weighted by atomic mass is 10.1. The Bertz CT molecular complexity index is 422. The zero-order valence-electron chi connectivity index (χ0n) is 13.3. The molecule has 1 rings (SSSR count). The van der Waals surface area contributed by atoms with E-state index < -0.39 is 0 Å². The maximum atomic E-state index is 5.15. The van der Waals surface area contributed by atoms with Crippen LogP contribution in [0, 0.1) is 0 Å². The Hall–Kier alpha value is -1.59. The number of methoxy groups -OCH3 is 2. The predicted octanol–water partition coefficient (Wildman–Crippen LogP) is 1.92. The summed E-state index contributed by atoms with van der Waals surface area (Å²) in [5.41, 5.74) is 2.35. The molecule has 1 aromatic carbocycles. The van der Waals surface area contributed by atoms with Gasteiger partial charge in [-0.1, -0.05) is 24.3 Å². The van der Waals surface area contributed by atoms with Crippen LogP contribution in [-0.4, -0.2) is 39.9 Å². The van der Waals surface area contributed by atoms with Gasteiger partial charge in [0.2, 0.25) is 0 Å². The van der Waals surface area contributed by atoms with E-state index in [0.29, 0.717) is 13.2 Å². The van der Waals surface area contributed by atoms with Crippen molar-refractivity contribution in [3.8, 4) is 0 Å². The van der Waals surface area contributed by atoms with E-state index in [0.717, 1.165) is 32.1 Å². The quantitative estimate of drug-likeness (QED) is 0.415. The number of nitrogens with zero attached hydrogens (tertiary/aromatic N) is 1. The van der Waals surface area contributed by atoms with Crippen molar-refractivity contribution in [2.75, 3.05) is 33.9 Å². The number of guanidine groups is 1. The third kappa shape index (κ3) is 7.68. The summed E-state index contributed by atoms with van der Waals surface area (Å²) >= 11 is 0. The Morgan fingerprint density at radius 3 is 2.67 bits per heavy atom. The van der Waals surface area contributed by atoms with E-state index in [-0.39, 0.29) is 0 Å². The molecule has 1 aromatic rings. The number of benzene rings is 1. The van der Waals surface area contributed by atoms with Gasteiger partial charge < -0.3 is 20.1 Å². The Morgan fingerprint density at radius 1 is 1.14 bits per heavy atom. The zero-order valence-corrected chi connectivity index (χ0v) is 13.3. The number of nitrogens with one attached hydrogen (secondary N) is 2. The fourth-order valence-corrected chi connectivity index (χ4v) is 1.92. The van der Waals surface area contributed by atoms with Crippen molar-refractivity contribution in [3.05, 3.63) is 35.4 Å². The Morgan fingerprint density at radius 2 is 1.95 bits per heavy atom. The first kappa shape index (κ1) is 17.5. The lowest BCUT2D eigenvalue weighted by Crippen LogP contribution is -2.38. The topological polar surface area (TPSA) is 54.9 Å². The smallest absolute Gasteiger partial charge is 0.191 e. The number of ether oxygens (including phenoxy) is 2. The molecule has 0 atom stereocenters. The van der Waals surface area contributed by atoms with Crippen molar-refractivity contribution in [1.82, 2.24) is 10.6 Å². The second-order valence-electron chi connectivity index (χ2n) is 4.72. The van der Waals surface area contributed by atoms with Crippen molar-refractivity contribution in [2.24, 2.45) is 4.99 Å². The molecule has 0 aromatic heterocycles. The summed E-state index contributed by atoms with van der Waals surface area (Å²) in [6, 6.07) is 8.31. The molecule has 0 unspecified atom stereocenters. The largest absolute Gasteiger partial charge is 0.385 e. The highest BCUT2D eigenvalue weighted by Gasteiger charge is 1.98.